The summed E-state index contributed by atoms with van der Waals surface area (Å²) in [5.41, 5.74) is 0.787. The molecule has 0 bridgehead atoms. The molecule has 12 heteroatoms. The van der Waals surface area contributed by atoms with Crippen molar-refractivity contribution < 1.29 is 31.9 Å². The number of alkyl halides is 3. The van der Waals surface area contributed by atoms with E-state index in [4.69, 9.17) is 16.3 Å². The molecule has 228 valence electrons. The van der Waals surface area contributed by atoms with Gasteiger partial charge in [-0.1, -0.05) is 29.8 Å². The van der Waals surface area contributed by atoms with Crippen molar-refractivity contribution in [2.45, 2.75) is 31.5 Å². The van der Waals surface area contributed by atoms with Crippen molar-refractivity contribution in [3.8, 4) is 5.75 Å². The molecule has 0 spiro atoms. The summed E-state index contributed by atoms with van der Waals surface area (Å²) in [6.07, 6.45) is -3.77. The van der Waals surface area contributed by atoms with E-state index in [-0.39, 0.29) is 44.9 Å². The summed E-state index contributed by atoms with van der Waals surface area (Å²) < 4.78 is 62.0. The normalized spacial score (nSPS) is 22.4. The molecule has 0 aliphatic carbocycles. The minimum absolute atomic E-state index is 0.0104. The quantitative estimate of drug-likeness (QED) is 0.300. The van der Waals surface area contributed by atoms with Crippen molar-refractivity contribution in [1.82, 2.24) is 14.8 Å². The maximum absolute atomic E-state index is 14.4. The highest BCUT2D eigenvalue weighted by atomic mass is 35.5. The van der Waals surface area contributed by atoms with E-state index in [1.54, 1.807) is 54.3 Å². The Morgan fingerprint density at radius 1 is 1.02 bits per heavy atom. The third kappa shape index (κ3) is 6.87. The van der Waals surface area contributed by atoms with Crippen LogP contribution in [-0.4, -0.2) is 71.7 Å². The molecule has 2 aromatic carbocycles. The fraction of sp³-hybridized carbons (Fsp3) is 0.387. The largest absolute Gasteiger partial charge is 0.415 e. The van der Waals surface area contributed by atoms with Gasteiger partial charge in [0.15, 0.2) is 0 Å². The van der Waals surface area contributed by atoms with E-state index in [0.717, 1.165) is 5.56 Å². The Bertz CT molecular complexity index is 1410. The van der Waals surface area contributed by atoms with E-state index in [1.807, 2.05) is 0 Å². The van der Waals surface area contributed by atoms with Crippen LogP contribution in [0.2, 0.25) is 5.02 Å². The smallest absolute Gasteiger partial charge is 0.410 e. The summed E-state index contributed by atoms with van der Waals surface area (Å²) in [4.78, 5) is 35.8. The molecule has 5 rings (SSSR count). The van der Waals surface area contributed by atoms with Crippen LogP contribution in [0.5, 0.6) is 5.75 Å². The molecule has 2 aliphatic rings. The molecule has 2 saturated heterocycles. The molecule has 2 amide bonds. The minimum Gasteiger partial charge on any atom is -0.410 e. The van der Waals surface area contributed by atoms with Gasteiger partial charge in [-0.15, -0.1) is 0 Å². The fourth-order valence-electron chi connectivity index (χ4n) is 6.04. The summed E-state index contributed by atoms with van der Waals surface area (Å²) in [6, 6.07) is 16.4. The Morgan fingerprint density at radius 2 is 1.74 bits per heavy atom. The number of amides is 2. The Hall–Kier alpha value is -3.86. The lowest BCUT2D eigenvalue weighted by atomic mass is 9.83. The number of halogens is 5. The third-order valence-electron chi connectivity index (χ3n) is 8.22. The molecule has 0 saturated carbocycles. The molecule has 1 aromatic heterocycles. The van der Waals surface area contributed by atoms with E-state index in [0.29, 0.717) is 10.8 Å². The van der Waals surface area contributed by atoms with Crippen LogP contribution >= 0.6 is 11.6 Å². The maximum atomic E-state index is 14.4. The number of hydrogen-bond donors (Lipinski definition) is 0. The zero-order valence-electron chi connectivity index (χ0n) is 23.4. The lowest BCUT2D eigenvalue weighted by Gasteiger charge is -2.40. The number of piperidine rings is 1. The predicted molar refractivity (Wildman–Crippen MR) is 153 cm³/mol. The van der Waals surface area contributed by atoms with Crippen molar-refractivity contribution in [2.24, 2.45) is 11.8 Å². The molecule has 3 aromatic rings. The topological polar surface area (TPSA) is 66.0 Å². The number of carbonyl (C=O) groups is 2. The van der Waals surface area contributed by atoms with Crippen LogP contribution in [0.15, 0.2) is 72.9 Å². The van der Waals surface area contributed by atoms with E-state index >= 15 is 0 Å². The molecule has 43 heavy (non-hydrogen) atoms. The number of ether oxygens (including phenoxy) is 1. The molecule has 2 fully saturated rings. The molecule has 0 N–H and O–H groups in total. The van der Waals surface area contributed by atoms with E-state index in [2.05, 4.69) is 4.98 Å². The Balaban J connectivity index is 1.39. The van der Waals surface area contributed by atoms with Gasteiger partial charge in [0.05, 0.1) is 17.9 Å². The number of anilines is 1. The average Bonchev–Trinajstić information content (AvgIpc) is 3.43. The molecule has 2 unspecified atom stereocenters. The third-order valence-corrected chi connectivity index (χ3v) is 8.47. The highest BCUT2D eigenvalue weighted by Crippen LogP contribution is 2.41. The zero-order valence-corrected chi connectivity index (χ0v) is 24.1. The van der Waals surface area contributed by atoms with Crippen LogP contribution < -0.4 is 9.64 Å². The SMILES string of the molecule is CCN(C(=O)Oc1ccc(F)cc1)[C@H]1CN(C(=O)C2CCN(c3ccccn3)CC2C(F)(F)F)C[C@@H]1c1ccc(Cl)cc1. The van der Waals surface area contributed by atoms with Crippen LogP contribution in [0.3, 0.4) is 0 Å². The first kappa shape index (κ1) is 30.6. The van der Waals surface area contributed by atoms with Gasteiger partial charge in [0.25, 0.3) is 0 Å². The highest BCUT2D eigenvalue weighted by molar-refractivity contribution is 6.30. The Morgan fingerprint density at radius 3 is 2.37 bits per heavy atom. The van der Waals surface area contributed by atoms with Gasteiger partial charge in [-0.3, -0.25) is 4.79 Å². The van der Waals surface area contributed by atoms with E-state index < -0.39 is 47.8 Å². The van der Waals surface area contributed by atoms with Crippen molar-refractivity contribution in [3.05, 3.63) is 89.3 Å². The van der Waals surface area contributed by atoms with Crippen molar-refractivity contribution in [1.29, 1.82) is 0 Å². The number of pyridine rings is 1. The number of hydrogen-bond acceptors (Lipinski definition) is 5. The van der Waals surface area contributed by atoms with Gasteiger partial charge in [0.2, 0.25) is 5.91 Å². The van der Waals surface area contributed by atoms with Crippen LogP contribution in [0.4, 0.5) is 28.2 Å². The second-order valence-corrected chi connectivity index (χ2v) is 11.2. The number of nitrogens with zero attached hydrogens (tertiary/aromatic N) is 4. The number of benzene rings is 2. The van der Waals surface area contributed by atoms with Gasteiger partial charge in [0, 0.05) is 49.9 Å². The predicted octanol–water partition coefficient (Wildman–Crippen LogP) is 6.39. The molecule has 4 atom stereocenters. The van der Waals surface area contributed by atoms with E-state index in [1.165, 1.54) is 40.3 Å². The Labute approximate surface area is 252 Å². The lowest BCUT2D eigenvalue weighted by molar-refractivity contribution is -0.195. The van der Waals surface area contributed by atoms with Crippen molar-refractivity contribution in [2.75, 3.05) is 37.6 Å². The molecule has 0 radical (unpaired) electrons. The summed E-state index contributed by atoms with van der Waals surface area (Å²) in [5, 5.41) is 0.502. The highest BCUT2D eigenvalue weighted by Gasteiger charge is 2.52. The van der Waals surface area contributed by atoms with Gasteiger partial charge in [-0.05, 0) is 67.4 Å². The van der Waals surface area contributed by atoms with Crippen LogP contribution in [0.1, 0.15) is 24.8 Å². The minimum atomic E-state index is -4.60. The fourth-order valence-corrected chi connectivity index (χ4v) is 6.17. The van der Waals surface area contributed by atoms with Crippen LogP contribution in [0, 0.1) is 17.7 Å². The first-order valence-corrected chi connectivity index (χ1v) is 14.4. The number of likely N-dealkylation sites (N-methyl/N-ethyl adjacent to an activating group) is 1. The number of rotatable bonds is 6. The summed E-state index contributed by atoms with van der Waals surface area (Å²) in [7, 11) is 0. The number of likely N-dealkylation sites (tertiary alicyclic amines) is 1. The van der Waals surface area contributed by atoms with Gasteiger partial charge < -0.3 is 19.4 Å². The molecular formula is C31H31ClF4N4O3. The molecule has 2 aliphatic heterocycles. The lowest BCUT2D eigenvalue weighted by Crippen LogP contribution is -2.52. The first-order chi connectivity index (χ1) is 20.5. The summed E-state index contributed by atoms with van der Waals surface area (Å²) >= 11 is 6.10. The first-order valence-electron chi connectivity index (χ1n) is 14.1. The number of carbonyl (C=O) groups excluding carboxylic acids is 2. The van der Waals surface area contributed by atoms with Gasteiger partial charge in [0.1, 0.15) is 17.4 Å². The second-order valence-electron chi connectivity index (χ2n) is 10.8. The maximum Gasteiger partial charge on any atom is 0.415 e. The van der Waals surface area contributed by atoms with E-state index in [9.17, 15) is 27.2 Å². The standard InChI is InChI=1S/C31H31ClF4N4O3/c1-2-40(30(42)43-23-12-10-22(33)11-13-23)27-19-39(17-25(27)20-6-8-21(32)9-7-20)29(41)24-14-16-38(18-26(24)31(34,35)36)28-5-3-4-15-37-28/h3-13,15,24-27H,2,14,16-19H2,1H3/t24?,25-,26?,27+/m1/s1. The molecular weight excluding hydrogens is 588 g/mol. The number of aromatic nitrogens is 1. The Kier molecular flexibility index (Phi) is 9.10. The monoisotopic (exact) mass is 618 g/mol. The van der Waals surface area contributed by atoms with Crippen molar-refractivity contribution in [3.63, 3.8) is 0 Å². The molecule has 3 heterocycles. The van der Waals surface area contributed by atoms with Crippen LogP contribution in [0.25, 0.3) is 0 Å². The summed E-state index contributed by atoms with van der Waals surface area (Å²) in [6.45, 7) is 2.00. The summed E-state index contributed by atoms with van der Waals surface area (Å²) in [5.74, 6) is -4.05. The molecule has 7 nitrogen and oxygen atoms in total. The van der Waals surface area contributed by atoms with Gasteiger partial charge in [-0.2, -0.15) is 13.2 Å². The van der Waals surface area contributed by atoms with Crippen LogP contribution in [-0.2, 0) is 4.79 Å². The van der Waals surface area contributed by atoms with Gasteiger partial charge in [-0.25, -0.2) is 14.2 Å². The van der Waals surface area contributed by atoms with Crippen molar-refractivity contribution >= 4 is 29.4 Å². The van der Waals surface area contributed by atoms with Gasteiger partial charge >= 0.3 is 12.3 Å². The average molecular weight is 619 g/mol. The zero-order chi connectivity index (χ0) is 30.7. The second kappa shape index (κ2) is 12.8.